The van der Waals surface area contributed by atoms with E-state index in [0.29, 0.717) is 12.2 Å². The molecule has 0 aromatic heterocycles. The predicted octanol–water partition coefficient (Wildman–Crippen LogP) is 2.13. The molecule has 0 aliphatic carbocycles. The van der Waals surface area contributed by atoms with Gasteiger partial charge < -0.3 is 15.4 Å². The van der Waals surface area contributed by atoms with Crippen molar-refractivity contribution in [3.8, 4) is 0 Å². The maximum absolute atomic E-state index is 12.5. The first kappa shape index (κ1) is 13.2. The number of amides is 1. The molecule has 5 heteroatoms. The average Bonchev–Trinajstić information content (AvgIpc) is 2.37. The van der Waals surface area contributed by atoms with Crippen molar-refractivity contribution in [2.75, 3.05) is 30.0 Å². The number of carbonyl (C=O) groups excluding carboxylic acids is 1. The van der Waals surface area contributed by atoms with Crippen molar-refractivity contribution < 1.29 is 9.53 Å². The number of methoxy groups -OCH3 is 1. The lowest BCUT2D eigenvalue weighted by atomic mass is 10.1. The van der Waals surface area contributed by atoms with E-state index in [-0.39, 0.29) is 5.91 Å². The fourth-order valence-electron chi connectivity index (χ4n) is 1.86. The van der Waals surface area contributed by atoms with E-state index in [1.807, 2.05) is 18.2 Å². The smallest absolute Gasteiger partial charge is 0.258 e. The van der Waals surface area contributed by atoms with Gasteiger partial charge in [-0.1, -0.05) is 0 Å². The van der Waals surface area contributed by atoms with Crippen molar-refractivity contribution in [3.63, 3.8) is 0 Å². The first-order valence-electron chi connectivity index (χ1n) is 5.85. The van der Waals surface area contributed by atoms with Gasteiger partial charge in [-0.2, -0.15) is 0 Å². The van der Waals surface area contributed by atoms with E-state index >= 15 is 0 Å². The minimum Gasteiger partial charge on any atom is -0.399 e. The van der Waals surface area contributed by atoms with E-state index in [1.54, 1.807) is 37.6 Å². The van der Waals surface area contributed by atoms with Gasteiger partial charge in [0.15, 0.2) is 0 Å². The number of nitrogens with zero attached hydrogens (tertiary/aromatic N) is 1. The molecule has 1 aliphatic rings. The fourth-order valence-corrected chi connectivity index (χ4v) is 2.83. The van der Waals surface area contributed by atoms with Gasteiger partial charge in [-0.25, -0.2) is 0 Å². The molecule has 2 N–H and O–H groups in total. The Morgan fingerprint density at radius 3 is 2.89 bits per heavy atom. The number of hydrogen-bond acceptors (Lipinski definition) is 4. The molecule has 4 nitrogen and oxygen atoms in total. The number of nitrogen functional groups attached to an aromatic ring is 1. The zero-order valence-electron chi connectivity index (χ0n) is 10.9. The van der Waals surface area contributed by atoms with Crippen LogP contribution in [0.2, 0.25) is 0 Å². The largest absolute Gasteiger partial charge is 0.399 e. The highest BCUT2D eigenvalue weighted by atomic mass is 32.2. The van der Waals surface area contributed by atoms with E-state index in [1.165, 1.54) is 0 Å². The van der Waals surface area contributed by atoms with Gasteiger partial charge in [0.1, 0.15) is 5.60 Å². The van der Waals surface area contributed by atoms with E-state index in [0.717, 1.165) is 16.3 Å². The molecule has 0 saturated heterocycles. The van der Waals surface area contributed by atoms with Crippen molar-refractivity contribution in [1.29, 1.82) is 0 Å². The van der Waals surface area contributed by atoms with Crippen LogP contribution in [0, 0.1) is 0 Å². The van der Waals surface area contributed by atoms with Crippen molar-refractivity contribution in [2.24, 2.45) is 0 Å². The first-order chi connectivity index (χ1) is 8.45. The summed E-state index contributed by atoms with van der Waals surface area (Å²) in [6.07, 6.45) is 0. The molecular formula is C13H18N2O2S. The highest BCUT2D eigenvalue weighted by Gasteiger charge is 2.34. The number of fused-ring (bicyclic) bond motifs is 1. The van der Waals surface area contributed by atoms with Gasteiger partial charge in [0.2, 0.25) is 0 Å². The molecule has 2 rings (SSSR count). The summed E-state index contributed by atoms with van der Waals surface area (Å²) >= 11 is 1.75. The Labute approximate surface area is 111 Å². The molecule has 0 saturated carbocycles. The molecule has 1 aliphatic heterocycles. The summed E-state index contributed by atoms with van der Waals surface area (Å²) < 4.78 is 5.27. The van der Waals surface area contributed by atoms with Crippen LogP contribution in [0.15, 0.2) is 23.1 Å². The Morgan fingerprint density at radius 1 is 1.50 bits per heavy atom. The second kappa shape index (κ2) is 4.82. The number of rotatable bonds is 2. The minimum absolute atomic E-state index is 0.0304. The zero-order chi connectivity index (χ0) is 13.3. The lowest BCUT2D eigenvalue weighted by Gasteiger charge is -2.34. The van der Waals surface area contributed by atoms with Crippen LogP contribution in [0.4, 0.5) is 11.4 Å². The number of thioether (sulfide) groups is 1. The normalized spacial score (nSPS) is 15.4. The molecule has 0 radical (unpaired) electrons. The van der Waals surface area contributed by atoms with E-state index in [4.69, 9.17) is 10.5 Å². The highest BCUT2D eigenvalue weighted by Crippen LogP contribution is 2.37. The average molecular weight is 266 g/mol. The number of hydrogen-bond donors (Lipinski definition) is 1. The Bertz CT molecular complexity index is 474. The van der Waals surface area contributed by atoms with Crippen molar-refractivity contribution >= 4 is 29.0 Å². The van der Waals surface area contributed by atoms with Gasteiger partial charge in [-0.05, 0) is 32.0 Å². The summed E-state index contributed by atoms with van der Waals surface area (Å²) in [6.45, 7) is 4.25. The molecule has 98 valence electrons. The Hall–Kier alpha value is -1.20. The Balaban J connectivity index is 2.38. The number of nitrogens with two attached hydrogens (primary N) is 1. The summed E-state index contributed by atoms with van der Waals surface area (Å²) in [5.74, 6) is 0.861. The molecule has 0 unspecified atom stereocenters. The molecule has 0 fully saturated rings. The third kappa shape index (κ3) is 2.33. The van der Waals surface area contributed by atoms with Gasteiger partial charge in [-0.3, -0.25) is 4.79 Å². The predicted molar refractivity (Wildman–Crippen MR) is 75.0 cm³/mol. The van der Waals surface area contributed by atoms with Crippen molar-refractivity contribution in [3.05, 3.63) is 18.2 Å². The molecule has 1 aromatic rings. The molecule has 0 atom stereocenters. The second-order valence-electron chi connectivity index (χ2n) is 4.75. The van der Waals surface area contributed by atoms with Crippen LogP contribution < -0.4 is 10.6 Å². The summed E-state index contributed by atoms with van der Waals surface area (Å²) in [4.78, 5) is 15.3. The van der Waals surface area contributed by atoms with Crippen LogP contribution in [-0.4, -0.2) is 30.9 Å². The standard InChI is InChI=1S/C13H18N2O2S/c1-13(2,17-3)12(16)15-6-7-18-11-5-4-9(14)8-10(11)15/h4-5,8H,6-7,14H2,1-3H3. The Kier molecular flexibility index (Phi) is 3.54. The molecule has 1 amide bonds. The van der Waals surface area contributed by atoms with Crippen LogP contribution in [-0.2, 0) is 9.53 Å². The van der Waals surface area contributed by atoms with Gasteiger partial charge in [0.05, 0.1) is 5.69 Å². The maximum Gasteiger partial charge on any atom is 0.258 e. The van der Waals surface area contributed by atoms with Crippen LogP contribution in [0.25, 0.3) is 0 Å². The third-order valence-electron chi connectivity index (χ3n) is 3.12. The number of carbonyl (C=O) groups is 1. The lowest BCUT2D eigenvalue weighted by Crippen LogP contribution is -2.48. The molecular weight excluding hydrogens is 248 g/mol. The third-order valence-corrected chi connectivity index (χ3v) is 4.16. The zero-order valence-corrected chi connectivity index (χ0v) is 11.7. The summed E-state index contributed by atoms with van der Waals surface area (Å²) in [7, 11) is 1.55. The van der Waals surface area contributed by atoms with E-state index in [2.05, 4.69) is 0 Å². The minimum atomic E-state index is -0.816. The Morgan fingerprint density at radius 2 is 2.22 bits per heavy atom. The SMILES string of the molecule is COC(C)(C)C(=O)N1CCSc2ccc(N)cc21. The van der Waals surface area contributed by atoms with Crippen LogP contribution in [0.3, 0.4) is 0 Å². The maximum atomic E-state index is 12.5. The first-order valence-corrected chi connectivity index (χ1v) is 6.84. The van der Waals surface area contributed by atoms with Crippen LogP contribution >= 0.6 is 11.8 Å². The van der Waals surface area contributed by atoms with E-state index < -0.39 is 5.60 Å². The van der Waals surface area contributed by atoms with Gasteiger partial charge in [0, 0.05) is 30.0 Å². The van der Waals surface area contributed by atoms with Crippen molar-refractivity contribution in [2.45, 2.75) is 24.3 Å². The summed E-state index contributed by atoms with van der Waals surface area (Å²) in [6, 6.07) is 5.68. The molecule has 1 heterocycles. The second-order valence-corrected chi connectivity index (χ2v) is 5.88. The molecule has 1 aromatic carbocycles. The number of anilines is 2. The summed E-state index contributed by atoms with van der Waals surface area (Å²) in [5, 5.41) is 0. The van der Waals surface area contributed by atoms with Gasteiger partial charge in [-0.15, -0.1) is 11.8 Å². The van der Waals surface area contributed by atoms with E-state index in [9.17, 15) is 4.79 Å². The number of benzene rings is 1. The molecule has 0 bridgehead atoms. The molecule has 0 spiro atoms. The fraction of sp³-hybridized carbons (Fsp3) is 0.462. The monoisotopic (exact) mass is 266 g/mol. The van der Waals surface area contributed by atoms with Crippen molar-refractivity contribution in [1.82, 2.24) is 0 Å². The summed E-state index contributed by atoms with van der Waals surface area (Å²) in [5.41, 5.74) is 6.55. The molecule has 18 heavy (non-hydrogen) atoms. The van der Waals surface area contributed by atoms with Crippen LogP contribution in [0.1, 0.15) is 13.8 Å². The van der Waals surface area contributed by atoms with Crippen LogP contribution in [0.5, 0.6) is 0 Å². The lowest BCUT2D eigenvalue weighted by molar-refractivity contribution is -0.136. The highest BCUT2D eigenvalue weighted by molar-refractivity contribution is 7.99. The van der Waals surface area contributed by atoms with Gasteiger partial charge in [0.25, 0.3) is 5.91 Å². The van der Waals surface area contributed by atoms with Gasteiger partial charge >= 0.3 is 0 Å². The number of ether oxygens (including phenoxy) is 1. The topological polar surface area (TPSA) is 55.6 Å². The quantitative estimate of drug-likeness (QED) is 0.833.